The van der Waals surface area contributed by atoms with Crippen LogP contribution in [0.25, 0.3) is 11.0 Å². The third-order valence-corrected chi connectivity index (χ3v) is 3.62. The lowest BCUT2D eigenvalue weighted by Crippen LogP contribution is -2.06. The third-order valence-electron chi connectivity index (χ3n) is 3.38. The third kappa shape index (κ3) is 2.61. The van der Waals surface area contributed by atoms with Crippen LogP contribution >= 0.6 is 11.6 Å². The first-order valence-electron chi connectivity index (χ1n) is 6.58. The van der Waals surface area contributed by atoms with Crippen molar-refractivity contribution in [3.63, 3.8) is 0 Å². The number of hydrogen-bond acceptors (Lipinski definition) is 3. The van der Waals surface area contributed by atoms with Gasteiger partial charge in [-0.1, -0.05) is 0 Å². The van der Waals surface area contributed by atoms with Crippen molar-refractivity contribution in [2.75, 3.05) is 0 Å². The predicted molar refractivity (Wildman–Crippen MR) is 79.9 cm³/mol. The summed E-state index contributed by atoms with van der Waals surface area (Å²) >= 11 is 5.97. The molecule has 0 spiro atoms. The minimum Gasteiger partial charge on any atom is -0.321 e. The summed E-state index contributed by atoms with van der Waals surface area (Å²) in [7, 11) is 0. The van der Waals surface area contributed by atoms with E-state index < -0.39 is 0 Å². The molecule has 0 N–H and O–H groups in total. The molecule has 108 valence electrons. The highest BCUT2D eigenvalue weighted by molar-refractivity contribution is 6.16. The molecule has 2 aromatic heterocycles. The van der Waals surface area contributed by atoms with Crippen LogP contribution in [0.5, 0.6) is 0 Å². The largest absolute Gasteiger partial charge is 0.321 e. The molecule has 0 atom stereocenters. The maximum atomic E-state index is 13.7. The van der Waals surface area contributed by atoms with Crippen LogP contribution in [0.3, 0.4) is 0 Å². The van der Waals surface area contributed by atoms with Crippen molar-refractivity contribution in [1.29, 1.82) is 0 Å². The van der Waals surface area contributed by atoms with E-state index in [-0.39, 0.29) is 11.7 Å². The van der Waals surface area contributed by atoms with Crippen molar-refractivity contribution in [3.8, 4) is 0 Å². The predicted octanol–water partition coefficient (Wildman–Crippen LogP) is 3.37. The van der Waals surface area contributed by atoms with Gasteiger partial charge in [0, 0.05) is 12.3 Å². The van der Waals surface area contributed by atoms with Crippen molar-refractivity contribution >= 4 is 22.6 Å². The molecule has 0 bridgehead atoms. The minimum atomic E-state index is -0.258. The Labute approximate surface area is 126 Å². The SMILES string of the molecule is Cc1nccc(Cn2c(CCl)nc3cc(F)c(C)cc32)n1. The Kier molecular flexibility index (Phi) is 3.59. The summed E-state index contributed by atoms with van der Waals surface area (Å²) in [5.74, 6) is 1.42. The minimum absolute atomic E-state index is 0.258. The Hall–Kier alpha value is -2.01. The van der Waals surface area contributed by atoms with Gasteiger partial charge in [-0.15, -0.1) is 11.6 Å². The molecule has 0 saturated carbocycles. The second-order valence-corrected chi connectivity index (χ2v) is 5.20. The molecule has 6 heteroatoms. The van der Waals surface area contributed by atoms with Gasteiger partial charge >= 0.3 is 0 Å². The van der Waals surface area contributed by atoms with E-state index in [1.165, 1.54) is 6.07 Å². The topological polar surface area (TPSA) is 43.6 Å². The van der Waals surface area contributed by atoms with Gasteiger partial charge in [-0.3, -0.25) is 0 Å². The van der Waals surface area contributed by atoms with E-state index in [1.54, 1.807) is 19.2 Å². The average molecular weight is 305 g/mol. The quantitative estimate of drug-likeness (QED) is 0.697. The van der Waals surface area contributed by atoms with Crippen LogP contribution < -0.4 is 0 Å². The zero-order valence-corrected chi connectivity index (χ0v) is 12.5. The van der Waals surface area contributed by atoms with Crippen LogP contribution in [0.15, 0.2) is 24.4 Å². The van der Waals surface area contributed by atoms with Crippen LogP contribution in [-0.4, -0.2) is 19.5 Å². The Morgan fingerprint density at radius 2 is 2.05 bits per heavy atom. The Morgan fingerprint density at radius 1 is 1.24 bits per heavy atom. The van der Waals surface area contributed by atoms with E-state index >= 15 is 0 Å². The fourth-order valence-corrected chi connectivity index (χ4v) is 2.54. The van der Waals surface area contributed by atoms with Crippen LogP contribution in [0.4, 0.5) is 4.39 Å². The lowest BCUT2D eigenvalue weighted by atomic mass is 10.2. The number of benzene rings is 1. The van der Waals surface area contributed by atoms with Gasteiger partial charge in [0.15, 0.2) is 0 Å². The summed E-state index contributed by atoms with van der Waals surface area (Å²) in [6.07, 6.45) is 1.72. The molecule has 0 saturated heterocycles. The molecule has 0 unspecified atom stereocenters. The van der Waals surface area contributed by atoms with Crippen LogP contribution in [0, 0.1) is 19.7 Å². The summed E-state index contributed by atoms with van der Waals surface area (Å²) in [6.45, 7) is 4.12. The van der Waals surface area contributed by atoms with Crippen molar-refractivity contribution in [1.82, 2.24) is 19.5 Å². The fraction of sp³-hybridized carbons (Fsp3) is 0.267. The molecule has 1 aromatic carbocycles. The van der Waals surface area contributed by atoms with E-state index in [4.69, 9.17) is 11.6 Å². The summed E-state index contributed by atoms with van der Waals surface area (Å²) in [6, 6.07) is 5.09. The maximum absolute atomic E-state index is 13.7. The van der Waals surface area contributed by atoms with Crippen molar-refractivity contribution in [3.05, 3.63) is 53.1 Å². The molecule has 3 aromatic rings. The molecule has 0 aliphatic rings. The molecule has 3 rings (SSSR count). The lowest BCUT2D eigenvalue weighted by molar-refractivity contribution is 0.620. The van der Waals surface area contributed by atoms with E-state index in [1.807, 2.05) is 17.6 Å². The summed E-state index contributed by atoms with van der Waals surface area (Å²) < 4.78 is 15.6. The first kappa shape index (κ1) is 13.9. The summed E-state index contributed by atoms with van der Waals surface area (Å²) in [5, 5.41) is 0. The Morgan fingerprint density at radius 3 is 2.76 bits per heavy atom. The second-order valence-electron chi connectivity index (χ2n) is 4.93. The summed E-state index contributed by atoms with van der Waals surface area (Å²) in [5.41, 5.74) is 2.93. The van der Waals surface area contributed by atoms with Crippen LogP contribution in [0.2, 0.25) is 0 Å². The standard InChI is InChI=1S/C15H14ClFN4/c1-9-5-14-13(6-12(9)17)20-15(7-16)21(14)8-11-3-4-18-10(2)19-11/h3-6H,7-8H2,1-2H3. The molecular weight excluding hydrogens is 291 g/mol. The molecule has 0 aliphatic heterocycles. The molecule has 0 amide bonds. The van der Waals surface area contributed by atoms with Gasteiger partial charge in [0.1, 0.15) is 17.5 Å². The highest BCUT2D eigenvalue weighted by Crippen LogP contribution is 2.22. The van der Waals surface area contributed by atoms with Gasteiger partial charge in [-0.2, -0.15) is 0 Å². The Balaban J connectivity index is 2.14. The lowest BCUT2D eigenvalue weighted by Gasteiger charge is -2.08. The first-order valence-corrected chi connectivity index (χ1v) is 7.11. The van der Waals surface area contributed by atoms with E-state index in [2.05, 4.69) is 15.0 Å². The molecular formula is C15H14ClFN4. The number of halogens is 2. The second kappa shape index (κ2) is 5.41. The Bertz CT molecular complexity index is 813. The van der Waals surface area contributed by atoms with Gasteiger partial charge in [0.2, 0.25) is 0 Å². The zero-order chi connectivity index (χ0) is 15.0. The number of aryl methyl sites for hydroxylation is 2. The molecule has 21 heavy (non-hydrogen) atoms. The highest BCUT2D eigenvalue weighted by atomic mass is 35.5. The van der Waals surface area contributed by atoms with E-state index in [0.717, 1.165) is 11.2 Å². The van der Waals surface area contributed by atoms with E-state index in [9.17, 15) is 4.39 Å². The number of imidazole rings is 1. The summed E-state index contributed by atoms with van der Waals surface area (Å²) in [4.78, 5) is 12.9. The first-order chi connectivity index (χ1) is 10.1. The maximum Gasteiger partial charge on any atom is 0.128 e. The molecule has 0 radical (unpaired) electrons. The van der Waals surface area contributed by atoms with E-state index in [0.29, 0.717) is 29.3 Å². The fourth-order valence-electron chi connectivity index (χ4n) is 2.33. The number of rotatable bonds is 3. The van der Waals surface area contributed by atoms with Gasteiger partial charge in [0.05, 0.1) is 29.2 Å². The van der Waals surface area contributed by atoms with Crippen LogP contribution in [0.1, 0.15) is 22.9 Å². The number of alkyl halides is 1. The smallest absolute Gasteiger partial charge is 0.128 e. The average Bonchev–Trinajstić information content (AvgIpc) is 2.77. The molecule has 0 fully saturated rings. The molecule has 4 nitrogen and oxygen atoms in total. The van der Waals surface area contributed by atoms with Crippen molar-refractivity contribution < 1.29 is 4.39 Å². The van der Waals surface area contributed by atoms with Crippen molar-refractivity contribution in [2.45, 2.75) is 26.3 Å². The van der Waals surface area contributed by atoms with Gasteiger partial charge < -0.3 is 4.57 Å². The number of aromatic nitrogens is 4. The monoisotopic (exact) mass is 304 g/mol. The zero-order valence-electron chi connectivity index (χ0n) is 11.8. The highest BCUT2D eigenvalue weighted by Gasteiger charge is 2.13. The van der Waals surface area contributed by atoms with Gasteiger partial charge in [-0.05, 0) is 31.5 Å². The van der Waals surface area contributed by atoms with Crippen molar-refractivity contribution in [2.24, 2.45) is 0 Å². The number of fused-ring (bicyclic) bond motifs is 1. The van der Waals surface area contributed by atoms with Gasteiger partial charge in [0.25, 0.3) is 0 Å². The molecule has 2 heterocycles. The number of nitrogens with zero attached hydrogens (tertiary/aromatic N) is 4. The van der Waals surface area contributed by atoms with Gasteiger partial charge in [-0.25, -0.2) is 19.3 Å². The molecule has 0 aliphatic carbocycles. The number of hydrogen-bond donors (Lipinski definition) is 0. The van der Waals surface area contributed by atoms with Crippen LogP contribution in [-0.2, 0) is 12.4 Å². The normalized spacial score (nSPS) is 11.2.